The van der Waals surface area contributed by atoms with E-state index in [2.05, 4.69) is 4.98 Å². The number of aryl methyl sites for hydroxylation is 2. The molecule has 0 fully saturated rings. The minimum atomic E-state index is -4.13. The van der Waals surface area contributed by atoms with Gasteiger partial charge in [0, 0.05) is 17.7 Å². The van der Waals surface area contributed by atoms with Crippen LogP contribution in [0.4, 0.5) is 0 Å². The SMILES string of the molecule is Cc1ccc(C(=O)c2ccc(CC(O)C(C)(c3ccccc3)S(N)(=O)=O)[nH]2)c(C)c1. The predicted octanol–water partition coefficient (Wildman–Crippen LogP) is 2.97. The van der Waals surface area contributed by atoms with Crippen LogP contribution in [0.15, 0.2) is 60.7 Å². The third-order valence-electron chi connectivity index (χ3n) is 5.60. The summed E-state index contributed by atoms with van der Waals surface area (Å²) in [5.41, 5.74) is 3.86. The number of aliphatic hydroxyl groups is 1. The van der Waals surface area contributed by atoms with Gasteiger partial charge in [0.2, 0.25) is 15.8 Å². The zero-order valence-electron chi connectivity index (χ0n) is 17.2. The van der Waals surface area contributed by atoms with Gasteiger partial charge in [0.1, 0.15) is 4.75 Å². The van der Waals surface area contributed by atoms with Gasteiger partial charge in [0.15, 0.2) is 0 Å². The van der Waals surface area contributed by atoms with E-state index >= 15 is 0 Å². The fraction of sp³-hybridized carbons (Fsp3) is 0.261. The summed E-state index contributed by atoms with van der Waals surface area (Å²) < 4.78 is 23.1. The van der Waals surface area contributed by atoms with Gasteiger partial charge < -0.3 is 10.1 Å². The standard InChI is InChI=1S/C23H26N2O4S/c1-15-9-11-19(16(2)13-15)22(27)20-12-10-18(25-20)14-21(26)23(3,30(24,28)29)17-7-5-4-6-8-17/h4-13,21,25-26H,14H2,1-3H3,(H2,24,28,29). The van der Waals surface area contributed by atoms with E-state index in [4.69, 9.17) is 5.14 Å². The summed E-state index contributed by atoms with van der Waals surface area (Å²) in [6.07, 6.45) is -1.33. The number of carbonyl (C=O) groups is 1. The Labute approximate surface area is 176 Å². The summed E-state index contributed by atoms with van der Waals surface area (Å²) in [6.45, 7) is 5.25. The fourth-order valence-electron chi connectivity index (χ4n) is 3.62. The Kier molecular flexibility index (Phi) is 5.99. The lowest BCUT2D eigenvalue weighted by Gasteiger charge is -2.32. The average Bonchev–Trinajstić information content (AvgIpc) is 3.15. The molecule has 1 heterocycles. The molecule has 0 aliphatic carbocycles. The number of benzene rings is 2. The predicted molar refractivity (Wildman–Crippen MR) is 117 cm³/mol. The van der Waals surface area contributed by atoms with E-state index in [-0.39, 0.29) is 12.2 Å². The van der Waals surface area contributed by atoms with Crippen molar-refractivity contribution in [2.24, 2.45) is 5.14 Å². The number of aromatic nitrogens is 1. The number of primary sulfonamides is 1. The van der Waals surface area contributed by atoms with Crippen LogP contribution in [0, 0.1) is 13.8 Å². The molecule has 4 N–H and O–H groups in total. The van der Waals surface area contributed by atoms with Crippen LogP contribution in [0.3, 0.4) is 0 Å². The number of aromatic amines is 1. The van der Waals surface area contributed by atoms with Gasteiger partial charge in [-0.05, 0) is 44.0 Å². The second-order valence-electron chi connectivity index (χ2n) is 7.78. The van der Waals surface area contributed by atoms with Crippen molar-refractivity contribution in [1.29, 1.82) is 0 Å². The third-order valence-corrected chi connectivity index (χ3v) is 7.29. The molecule has 0 aliphatic heterocycles. The van der Waals surface area contributed by atoms with Crippen LogP contribution in [0.5, 0.6) is 0 Å². The van der Waals surface area contributed by atoms with Crippen LogP contribution in [0.25, 0.3) is 0 Å². The Morgan fingerprint density at radius 1 is 1.10 bits per heavy atom. The summed E-state index contributed by atoms with van der Waals surface area (Å²) in [5.74, 6) is -0.162. The molecule has 0 saturated heterocycles. The molecule has 2 unspecified atom stereocenters. The van der Waals surface area contributed by atoms with Crippen LogP contribution in [0.1, 0.15) is 45.4 Å². The highest BCUT2D eigenvalue weighted by molar-refractivity contribution is 7.90. The van der Waals surface area contributed by atoms with E-state index in [9.17, 15) is 18.3 Å². The second-order valence-corrected chi connectivity index (χ2v) is 9.72. The summed E-state index contributed by atoms with van der Waals surface area (Å²) in [4.78, 5) is 15.9. The van der Waals surface area contributed by atoms with Gasteiger partial charge in [0.25, 0.3) is 0 Å². The smallest absolute Gasteiger partial charge is 0.221 e. The van der Waals surface area contributed by atoms with Gasteiger partial charge in [-0.2, -0.15) is 0 Å². The third kappa shape index (κ3) is 4.09. The first-order chi connectivity index (χ1) is 14.0. The highest BCUT2D eigenvalue weighted by Gasteiger charge is 2.45. The highest BCUT2D eigenvalue weighted by atomic mass is 32.2. The first kappa shape index (κ1) is 22.0. The van der Waals surface area contributed by atoms with E-state index in [1.165, 1.54) is 6.92 Å². The van der Waals surface area contributed by atoms with Crippen molar-refractivity contribution in [3.63, 3.8) is 0 Å². The summed E-state index contributed by atoms with van der Waals surface area (Å²) in [7, 11) is -4.13. The molecular weight excluding hydrogens is 400 g/mol. The van der Waals surface area contributed by atoms with Crippen molar-refractivity contribution >= 4 is 15.8 Å². The number of carbonyl (C=O) groups excluding carboxylic acids is 1. The minimum Gasteiger partial charge on any atom is -0.391 e. The van der Waals surface area contributed by atoms with Crippen LogP contribution in [-0.2, 0) is 21.2 Å². The average molecular weight is 427 g/mol. The lowest BCUT2D eigenvalue weighted by Crippen LogP contribution is -2.48. The molecule has 30 heavy (non-hydrogen) atoms. The molecule has 0 aliphatic rings. The number of nitrogens with two attached hydrogens (primary N) is 1. The Bertz CT molecular complexity index is 1170. The maximum atomic E-state index is 12.8. The van der Waals surface area contributed by atoms with Crippen molar-refractivity contribution in [3.05, 3.63) is 94.3 Å². The summed E-state index contributed by atoms with van der Waals surface area (Å²) in [6, 6.07) is 17.3. The molecule has 0 spiro atoms. The molecule has 0 bridgehead atoms. The monoisotopic (exact) mass is 426 g/mol. The molecule has 7 heteroatoms. The minimum absolute atomic E-state index is 0.0119. The van der Waals surface area contributed by atoms with E-state index in [0.29, 0.717) is 22.5 Å². The molecule has 1 aromatic heterocycles. The van der Waals surface area contributed by atoms with Crippen LogP contribution < -0.4 is 5.14 Å². The van der Waals surface area contributed by atoms with Gasteiger partial charge in [0.05, 0.1) is 11.8 Å². The zero-order chi connectivity index (χ0) is 22.1. The topological polar surface area (TPSA) is 113 Å². The Morgan fingerprint density at radius 3 is 2.37 bits per heavy atom. The van der Waals surface area contributed by atoms with Crippen LogP contribution >= 0.6 is 0 Å². The van der Waals surface area contributed by atoms with Crippen LogP contribution in [0.2, 0.25) is 0 Å². The maximum Gasteiger partial charge on any atom is 0.221 e. The number of rotatable bonds is 7. The normalized spacial score (nSPS) is 14.8. The van der Waals surface area contributed by atoms with Crippen molar-refractivity contribution < 1.29 is 18.3 Å². The zero-order valence-corrected chi connectivity index (χ0v) is 18.0. The molecule has 2 atom stereocenters. The van der Waals surface area contributed by atoms with Crippen molar-refractivity contribution in [1.82, 2.24) is 4.98 Å². The van der Waals surface area contributed by atoms with Gasteiger partial charge in [-0.3, -0.25) is 4.79 Å². The number of H-pyrrole nitrogens is 1. The molecule has 0 amide bonds. The summed E-state index contributed by atoms with van der Waals surface area (Å²) >= 11 is 0. The molecule has 6 nitrogen and oxygen atoms in total. The second kappa shape index (κ2) is 8.18. The van der Waals surface area contributed by atoms with Gasteiger partial charge in [-0.25, -0.2) is 13.6 Å². The first-order valence-corrected chi connectivity index (χ1v) is 11.1. The quantitative estimate of drug-likeness (QED) is 0.504. The Balaban J connectivity index is 1.88. The number of sulfonamides is 1. The molecule has 0 saturated carbocycles. The fourth-order valence-corrected chi connectivity index (χ4v) is 4.55. The number of hydrogen-bond donors (Lipinski definition) is 3. The summed E-state index contributed by atoms with van der Waals surface area (Å²) in [5, 5.41) is 16.4. The maximum absolute atomic E-state index is 12.8. The largest absolute Gasteiger partial charge is 0.391 e. The van der Waals surface area contributed by atoms with Crippen molar-refractivity contribution in [2.75, 3.05) is 0 Å². The number of aliphatic hydroxyl groups excluding tert-OH is 1. The molecular formula is C23H26N2O4S. The molecule has 0 radical (unpaired) electrons. The lowest BCUT2D eigenvalue weighted by atomic mass is 9.91. The van der Waals surface area contributed by atoms with Crippen molar-refractivity contribution in [3.8, 4) is 0 Å². The van der Waals surface area contributed by atoms with Crippen molar-refractivity contribution in [2.45, 2.75) is 38.0 Å². The van der Waals surface area contributed by atoms with Gasteiger partial charge in [-0.15, -0.1) is 0 Å². The van der Waals surface area contributed by atoms with Gasteiger partial charge >= 0.3 is 0 Å². The van der Waals surface area contributed by atoms with Crippen LogP contribution in [-0.4, -0.2) is 30.4 Å². The number of nitrogens with one attached hydrogen (secondary N) is 1. The first-order valence-electron chi connectivity index (χ1n) is 9.60. The van der Waals surface area contributed by atoms with E-state index in [1.54, 1.807) is 48.5 Å². The Hall–Kier alpha value is -2.74. The highest BCUT2D eigenvalue weighted by Crippen LogP contribution is 2.33. The molecule has 158 valence electrons. The van der Waals surface area contributed by atoms with E-state index in [1.807, 2.05) is 26.0 Å². The molecule has 3 aromatic rings. The molecule has 3 rings (SSSR count). The van der Waals surface area contributed by atoms with E-state index < -0.39 is 20.9 Å². The molecule has 2 aromatic carbocycles. The Morgan fingerprint density at radius 2 is 1.77 bits per heavy atom. The van der Waals surface area contributed by atoms with Gasteiger partial charge in [-0.1, -0.05) is 54.1 Å². The lowest BCUT2D eigenvalue weighted by molar-refractivity contribution is 0.103. The number of hydrogen-bond acceptors (Lipinski definition) is 4. The number of ketones is 1. The van der Waals surface area contributed by atoms with E-state index in [0.717, 1.165) is 11.1 Å².